The van der Waals surface area contributed by atoms with E-state index >= 15 is 0 Å². The van der Waals surface area contributed by atoms with Gasteiger partial charge in [-0.15, -0.1) is 0 Å². The molecule has 0 unspecified atom stereocenters. The van der Waals surface area contributed by atoms with E-state index in [0.29, 0.717) is 12.8 Å². The van der Waals surface area contributed by atoms with Crippen molar-refractivity contribution in [2.45, 2.75) is 45.7 Å². The van der Waals surface area contributed by atoms with Crippen molar-refractivity contribution in [3.8, 4) is 0 Å². The van der Waals surface area contributed by atoms with Crippen LogP contribution in [0.1, 0.15) is 32.8 Å². The number of aromatic nitrogens is 2. The lowest BCUT2D eigenvalue weighted by Crippen LogP contribution is -2.35. The first-order valence-electron chi connectivity index (χ1n) is 5.22. The van der Waals surface area contributed by atoms with Crippen LogP contribution in [0.25, 0.3) is 0 Å². The maximum Gasteiger partial charge on any atom is 0.139 e. The molecule has 4 heteroatoms. The molecule has 0 aliphatic rings. The molecule has 0 atom stereocenters. The topological polar surface area (TPSA) is 60.9 Å². The number of Topliss-reactive ketones (excluding diaryl/α,β-unsaturated/α-hetero) is 1. The van der Waals surface area contributed by atoms with Gasteiger partial charge in [-0.25, -0.2) is 0 Å². The van der Waals surface area contributed by atoms with E-state index in [4.69, 9.17) is 5.73 Å². The Morgan fingerprint density at radius 1 is 1.60 bits per heavy atom. The Morgan fingerprint density at radius 3 is 2.73 bits per heavy atom. The van der Waals surface area contributed by atoms with E-state index in [9.17, 15) is 4.79 Å². The third-order valence-electron chi connectivity index (χ3n) is 2.06. The lowest BCUT2D eigenvalue weighted by atomic mass is 9.96. The van der Waals surface area contributed by atoms with Crippen LogP contribution in [0.4, 0.5) is 0 Å². The third kappa shape index (κ3) is 4.25. The van der Waals surface area contributed by atoms with Crippen molar-refractivity contribution >= 4 is 5.78 Å². The molecule has 0 aromatic carbocycles. The third-order valence-corrected chi connectivity index (χ3v) is 2.06. The summed E-state index contributed by atoms with van der Waals surface area (Å²) in [5.74, 6) is 0.165. The highest BCUT2D eigenvalue weighted by Gasteiger charge is 2.16. The molecule has 1 rings (SSSR count). The summed E-state index contributed by atoms with van der Waals surface area (Å²) in [6, 6.07) is 0. The zero-order chi connectivity index (χ0) is 11.5. The number of nitrogens with zero attached hydrogens (tertiary/aromatic N) is 2. The Labute approximate surface area is 90.5 Å². The van der Waals surface area contributed by atoms with Gasteiger partial charge in [0, 0.05) is 31.1 Å². The zero-order valence-corrected chi connectivity index (χ0v) is 9.66. The highest BCUT2D eigenvalue weighted by Crippen LogP contribution is 2.08. The second kappa shape index (κ2) is 4.57. The number of nitrogens with two attached hydrogens (primary N) is 1. The average Bonchev–Trinajstić information content (AvgIpc) is 2.48. The van der Waals surface area contributed by atoms with E-state index in [1.165, 1.54) is 0 Å². The normalized spacial score (nSPS) is 11.7. The predicted molar refractivity (Wildman–Crippen MR) is 59.5 cm³/mol. The summed E-state index contributed by atoms with van der Waals surface area (Å²) in [5.41, 5.74) is 6.32. The molecule has 0 fully saturated rings. The van der Waals surface area contributed by atoms with Crippen LogP contribution in [0.5, 0.6) is 0 Å². The largest absolute Gasteiger partial charge is 0.325 e. The van der Waals surface area contributed by atoms with Crippen molar-refractivity contribution in [1.82, 2.24) is 9.78 Å². The quantitative estimate of drug-likeness (QED) is 0.791. The van der Waals surface area contributed by atoms with Gasteiger partial charge in [0.25, 0.3) is 0 Å². The van der Waals surface area contributed by atoms with Gasteiger partial charge in [-0.05, 0) is 26.3 Å². The van der Waals surface area contributed by atoms with Gasteiger partial charge in [0.15, 0.2) is 0 Å². The lowest BCUT2D eigenvalue weighted by molar-refractivity contribution is -0.119. The van der Waals surface area contributed by atoms with Crippen LogP contribution < -0.4 is 5.73 Å². The molecular weight excluding hydrogens is 190 g/mol. The summed E-state index contributed by atoms with van der Waals surface area (Å²) in [7, 11) is 0. The van der Waals surface area contributed by atoms with Crippen LogP contribution in [-0.2, 0) is 17.8 Å². The van der Waals surface area contributed by atoms with Crippen molar-refractivity contribution in [2.24, 2.45) is 5.73 Å². The molecule has 0 amide bonds. The Morgan fingerprint density at radius 2 is 2.27 bits per heavy atom. The van der Waals surface area contributed by atoms with E-state index < -0.39 is 5.54 Å². The van der Waals surface area contributed by atoms with E-state index in [-0.39, 0.29) is 5.78 Å². The summed E-state index contributed by atoms with van der Waals surface area (Å²) in [6.45, 7) is 6.57. The highest BCUT2D eigenvalue weighted by molar-refractivity contribution is 5.81. The summed E-state index contributed by atoms with van der Waals surface area (Å²) >= 11 is 0. The maximum absolute atomic E-state index is 11.6. The molecule has 0 spiro atoms. The smallest absolute Gasteiger partial charge is 0.139 e. The van der Waals surface area contributed by atoms with Crippen molar-refractivity contribution in [3.05, 3.63) is 18.0 Å². The van der Waals surface area contributed by atoms with E-state index in [1.54, 1.807) is 6.20 Å². The number of hydrogen-bond acceptors (Lipinski definition) is 3. The van der Waals surface area contributed by atoms with Crippen LogP contribution in [0.2, 0.25) is 0 Å². The molecule has 0 aliphatic carbocycles. The minimum Gasteiger partial charge on any atom is -0.325 e. The first kappa shape index (κ1) is 11.9. The number of rotatable bonds is 5. The van der Waals surface area contributed by atoms with Gasteiger partial charge < -0.3 is 5.73 Å². The van der Waals surface area contributed by atoms with Crippen LogP contribution >= 0.6 is 0 Å². The summed E-state index contributed by atoms with van der Waals surface area (Å²) in [5, 5.41) is 4.12. The van der Waals surface area contributed by atoms with Gasteiger partial charge in [-0.3, -0.25) is 9.48 Å². The SMILES string of the molecule is CCn1cc(CC(=O)CC(C)(C)N)cn1. The summed E-state index contributed by atoms with van der Waals surface area (Å²) < 4.78 is 1.82. The number of aryl methyl sites for hydroxylation is 1. The molecule has 1 heterocycles. The second-order valence-electron chi connectivity index (χ2n) is 4.59. The second-order valence-corrected chi connectivity index (χ2v) is 4.59. The number of hydrogen-bond donors (Lipinski definition) is 1. The monoisotopic (exact) mass is 209 g/mol. The van der Waals surface area contributed by atoms with E-state index in [0.717, 1.165) is 12.1 Å². The molecule has 0 radical (unpaired) electrons. The molecule has 0 aliphatic heterocycles. The van der Waals surface area contributed by atoms with Crippen molar-refractivity contribution in [2.75, 3.05) is 0 Å². The van der Waals surface area contributed by atoms with Crippen LogP contribution in [-0.4, -0.2) is 21.1 Å². The molecule has 1 aromatic heterocycles. The fraction of sp³-hybridized carbons (Fsp3) is 0.636. The average molecular weight is 209 g/mol. The van der Waals surface area contributed by atoms with Crippen LogP contribution in [0.3, 0.4) is 0 Å². The van der Waals surface area contributed by atoms with E-state index in [1.807, 2.05) is 31.6 Å². The first-order valence-corrected chi connectivity index (χ1v) is 5.22. The fourth-order valence-corrected chi connectivity index (χ4v) is 1.47. The molecule has 4 nitrogen and oxygen atoms in total. The molecule has 0 saturated heterocycles. The van der Waals surface area contributed by atoms with Crippen molar-refractivity contribution < 1.29 is 4.79 Å². The Bertz CT molecular complexity index is 336. The molecule has 0 saturated carbocycles. The van der Waals surface area contributed by atoms with Gasteiger partial charge >= 0.3 is 0 Å². The molecule has 84 valence electrons. The number of carbonyl (C=O) groups is 1. The molecular formula is C11H19N3O. The molecule has 1 aromatic rings. The standard InChI is InChI=1S/C11H19N3O/c1-4-14-8-9(7-13-14)5-10(15)6-11(2,3)12/h7-8H,4-6,12H2,1-3H3. The Hall–Kier alpha value is -1.16. The fourth-order valence-electron chi connectivity index (χ4n) is 1.47. The molecule has 15 heavy (non-hydrogen) atoms. The number of ketones is 1. The molecule has 0 bridgehead atoms. The first-order chi connectivity index (χ1) is 6.90. The molecule has 2 N–H and O–H groups in total. The van der Waals surface area contributed by atoms with Crippen molar-refractivity contribution in [3.63, 3.8) is 0 Å². The summed E-state index contributed by atoms with van der Waals surface area (Å²) in [4.78, 5) is 11.6. The van der Waals surface area contributed by atoms with Crippen LogP contribution in [0.15, 0.2) is 12.4 Å². The minimum atomic E-state index is -0.419. The zero-order valence-electron chi connectivity index (χ0n) is 9.66. The lowest BCUT2D eigenvalue weighted by Gasteiger charge is -2.16. The summed E-state index contributed by atoms with van der Waals surface area (Å²) in [6.07, 6.45) is 4.48. The minimum absolute atomic E-state index is 0.165. The van der Waals surface area contributed by atoms with Gasteiger partial charge in [-0.2, -0.15) is 5.10 Å². The van der Waals surface area contributed by atoms with Gasteiger partial charge in [0.1, 0.15) is 5.78 Å². The Balaban J connectivity index is 2.51. The van der Waals surface area contributed by atoms with Gasteiger partial charge in [0.05, 0.1) is 6.20 Å². The Kier molecular flexibility index (Phi) is 3.63. The van der Waals surface area contributed by atoms with Gasteiger partial charge in [0.2, 0.25) is 0 Å². The van der Waals surface area contributed by atoms with Crippen molar-refractivity contribution in [1.29, 1.82) is 0 Å². The number of carbonyl (C=O) groups excluding carboxylic acids is 1. The van der Waals surface area contributed by atoms with Crippen LogP contribution in [0, 0.1) is 0 Å². The maximum atomic E-state index is 11.6. The highest BCUT2D eigenvalue weighted by atomic mass is 16.1. The predicted octanol–water partition coefficient (Wildman–Crippen LogP) is 1.14. The van der Waals surface area contributed by atoms with E-state index in [2.05, 4.69) is 5.10 Å². The van der Waals surface area contributed by atoms with Gasteiger partial charge in [-0.1, -0.05) is 0 Å².